The van der Waals surface area contributed by atoms with Crippen molar-refractivity contribution in [3.05, 3.63) is 82.9 Å². The number of carbonyl (C=O) groups is 2. The van der Waals surface area contributed by atoms with E-state index in [4.69, 9.17) is 0 Å². The second-order valence-electron chi connectivity index (χ2n) is 7.17. The van der Waals surface area contributed by atoms with Crippen LogP contribution >= 0.6 is 0 Å². The number of nitrogens with zero attached hydrogens (tertiary/aromatic N) is 3. The van der Waals surface area contributed by atoms with Crippen LogP contribution in [0.15, 0.2) is 48.7 Å². The Morgan fingerprint density at radius 2 is 1.85 bits per heavy atom. The number of halogens is 3. The molecule has 0 atom stereocenters. The minimum atomic E-state index is -1.40. The van der Waals surface area contributed by atoms with Crippen LogP contribution in [-0.4, -0.2) is 31.6 Å². The zero-order valence-corrected chi connectivity index (χ0v) is 17.3. The lowest BCUT2D eigenvalue weighted by atomic mass is 10.1. The minimum Gasteiger partial charge on any atom is -0.477 e. The fourth-order valence-electron chi connectivity index (χ4n) is 3.53. The van der Waals surface area contributed by atoms with E-state index >= 15 is 0 Å². The summed E-state index contributed by atoms with van der Waals surface area (Å²) in [7, 11) is 0. The molecule has 2 heterocycles. The van der Waals surface area contributed by atoms with Crippen LogP contribution < -0.4 is 5.32 Å². The Morgan fingerprint density at radius 3 is 2.58 bits per heavy atom. The van der Waals surface area contributed by atoms with Gasteiger partial charge in [-0.2, -0.15) is 5.10 Å². The SMILES string of the molecule is CCc1nn2c(-c3cccc(NC(=O)Cc4c(F)ccc(F)c4F)c3)ccnc2c1C(=O)O. The molecule has 0 aliphatic rings. The van der Waals surface area contributed by atoms with Crippen LogP contribution in [0.25, 0.3) is 16.9 Å². The average molecular weight is 454 g/mol. The van der Waals surface area contributed by atoms with E-state index < -0.39 is 41.3 Å². The maximum Gasteiger partial charge on any atom is 0.341 e. The van der Waals surface area contributed by atoms with E-state index in [0.717, 1.165) is 6.07 Å². The Balaban J connectivity index is 1.65. The molecule has 4 rings (SSSR count). The Morgan fingerprint density at radius 1 is 1.09 bits per heavy atom. The number of aromatic carboxylic acids is 1. The van der Waals surface area contributed by atoms with Gasteiger partial charge in [-0.25, -0.2) is 27.5 Å². The van der Waals surface area contributed by atoms with Crippen molar-refractivity contribution in [3.63, 3.8) is 0 Å². The maximum atomic E-state index is 13.9. The second-order valence-corrected chi connectivity index (χ2v) is 7.17. The second kappa shape index (κ2) is 8.73. The molecule has 0 fully saturated rings. The monoisotopic (exact) mass is 454 g/mol. The first-order valence-electron chi connectivity index (χ1n) is 9.92. The summed E-state index contributed by atoms with van der Waals surface area (Å²) in [5.74, 6) is -5.54. The molecule has 0 spiro atoms. The lowest BCUT2D eigenvalue weighted by molar-refractivity contribution is -0.115. The number of hydrogen-bond acceptors (Lipinski definition) is 4. The van der Waals surface area contributed by atoms with Gasteiger partial charge in [0.05, 0.1) is 17.8 Å². The largest absolute Gasteiger partial charge is 0.477 e. The molecule has 0 aliphatic heterocycles. The van der Waals surface area contributed by atoms with Crippen molar-refractivity contribution in [2.75, 3.05) is 5.32 Å². The molecule has 2 aromatic heterocycles. The minimum absolute atomic E-state index is 0.0166. The highest BCUT2D eigenvalue weighted by molar-refractivity contribution is 5.96. The number of carboxylic acid groups (broad SMARTS) is 1. The van der Waals surface area contributed by atoms with Crippen molar-refractivity contribution in [3.8, 4) is 11.3 Å². The number of aryl methyl sites for hydroxylation is 1. The molecule has 0 unspecified atom stereocenters. The van der Waals surface area contributed by atoms with Crippen LogP contribution in [0.3, 0.4) is 0 Å². The zero-order valence-electron chi connectivity index (χ0n) is 17.3. The van der Waals surface area contributed by atoms with E-state index in [1.165, 1.54) is 10.7 Å². The van der Waals surface area contributed by atoms with Gasteiger partial charge in [0.1, 0.15) is 11.4 Å². The van der Waals surface area contributed by atoms with Gasteiger partial charge < -0.3 is 10.4 Å². The third kappa shape index (κ3) is 4.14. The first-order valence-corrected chi connectivity index (χ1v) is 9.92. The molecule has 7 nitrogen and oxygen atoms in total. The zero-order chi connectivity index (χ0) is 23.7. The quantitative estimate of drug-likeness (QED) is 0.425. The molecular formula is C23H17F3N4O3. The Kier molecular flexibility index (Phi) is 5.82. The molecular weight excluding hydrogens is 437 g/mol. The van der Waals surface area contributed by atoms with Crippen molar-refractivity contribution in [1.29, 1.82) is 0 Å². The standard InChI is InChI=1S/C23H17F3N4O3/c1-2-17-20(23(32)33)22-27-9-8-18(30(22)29-17)12-4-3-5-13(10-12)28-19(31)11-14-15(24)6-7-16(25)21(14)26/h3-10H,2,11H2,1H3,(H,28,31)(H,32,33). The van der Waals surface area contributed by atoms with Gasteiger partial charge in [0.25, 0.3) is 0 Å². The van der Waals surface area contributed by atoms with Crippen molar-refractivity contribution in [1.82, 2.24) is 14.6 Å². The Hall–Kier alpha value is -4.21. The molecule has 168 valence electrons. The molecule has 0 radical (unpaired) electrons. The van der Waals surface area contributed by atoms with Crippen LogP contribution in [0.1, 0.15) is 28.5 Å². The number of fused-ring (bicyclic) bond motifs is 1. The average Bonchev–Trinajstić information content (AvgIpc) is 3.18. The smallest absolute Gasteiger partial charge is 0.341 e. The summed E-state index contributed by atoms with van der Waals surface area (Å²) in [6.45, 7) is 1.79. The van der Waals surface area contributed by atoms with Gasteiger partial charge in [0.15, 0.2) is 17.3 Å². The molecule has 2 N–H and O–H groups in total. The molecule has 2 aromatic carbocycles. The number of rotatable bonds is 6. The summed E-state index contributed by atoms with van der Waals surface area (Å²) in [6.07, 6.45) is 1.16. The fourth-order valence-corrected chi connectivity index (χ4v) is 3.53. The summed E-state index contributed by atoms with van der Waals surface area (Å²) in [5.41, 5.74) is 1.36. The maximum absolute atomic E-state index is 13.9. The van der Waals surface area contributed by atoms with Gasteiger partial charge in [-0.15, -0.1) is 0 Å². The third-order valence-electron chi connectivity index (χ3n) is 5.06. The first kappa shape index (κ1) is 22.0. The number of amides is 1. The predicted octanol–water partition coefficient (Wildman–Crippen LogP) is 4.26. The number of aromatic nitrogens is 3. The van der Waals surface area contributed by atoms with Crippen molar-refractivity contribution in [2.45, 2.75) is 19.8 Å². The van der Waals surface area contributed by atoms with Crippen molar-refractivity contribution < 1.29 is 27.9 Å². The highest BCUT2D eigenvalue weighted by Gasteiger charge is 2.21. The molecule has 0 saturated carbocycles. The van der Waals surface area contributed by atoms with E-state index in [-0.39, 0.29) is 11.2 Å². The van der Waals surface area contributed by atoms with E-state index in [1.807, 2.05) is 0 Å². The van der Waals surface area contributed by atoms with Crippen molar-refractivity contribution >= 4 is 23.2 Å². The number of carbonyl (C=O) groups excluding carboxylic acids is 1. The van der Waals surface area contributed by atoms with Crippen LogP contribution in [0.5, 0.6) is 0 Å². The molecule has 0 saturated heterocycles. The van der Waals surface area contributed by atoms with Gasteiger partial charge in [0.2, 0.25) is 5.91 Å². The molecule has 10 heteroatoms. The summed E-state index contributed by atoms with van der Waals surface area (Å²) in [4.78, 5) is 28.2. The highest BCUT2D eigenvalue weighted by atomic mass is 19.2. The van der Waals surface area contributed by atoms with Gasteiger partial charge in [-0.1, -0.05) is 19.1 Å². The van der Waals surface area contributed by atoms with Gasteiger partial charge in [-0.3, -0.25) is 4.79 Å². The molecule has 0 aliphatic carbocycles. The van der Waals surface area contributed by atoms with E-state index in [1.54, 1.807) is 37.3 Å². The number of nitrogens with one attached hydrogen (secondary N) is 1. The van der Waals surface area contributed by atoms with Gasteiger partial charge >= 0.3 is 5.97 Å². The van der Waals surface area contributed by atoms with E-state index in [0.29, 0.717) is 35.1 Å². The predicted molar refractivity (Wildman–Crippen MR) is 113 cm³/mol. The number of hydrogen-bond donors (Lipinski definition) is 2. The van der Waals surface area contributed by atoms with Crippen LogP contribution in [0.4, 0.5) is 18.9 Å². The first-order chi connectivity index (χ1) is 15.8. The van der Waals surface area contributed by atoms with Crippen molar-refractivity contribution in [2.24, 2.45) is 0 Å². The third-order valence-corrected chi connectivity index (χ3v) is 5.06. The number of carboxylic acids is 1. The Labute approximate surface area is 185 Å². The number of benzene rings is 2. The molecule has 1 amide bonds. The summed E-state index contributed by atoms with van der Waals surface area (Å²) in [6, 6.07) is 9.59. The summed E-state index contributed by atoms with van der Waals surface area (Å²) >= 11 is 0. The highest BCUT2D eigenvalue weighted by Crippen LogP contribution is 2.26. The van der Waals surface area contributed by atoms with Gasteiger partial charge in [0, 0.05) is 23.0 Å². The van der Waals surface area contributed by atoms with Crippen LogP contribution in [-0.2, 0) is 17.6 Å². The topological polar surface area (TPSA) is 96.6 Å². The Bertz CT molecular complexity index is 1400. The van der Waals surface area contributed by atoms with Crippen LogP contribution in [0, 0.1) is 17.5 Å². The van der Waals surface area contributed by atoms with E-state index in [2.05, 4.69) is 15.4 Å². The lowest BCUT2D eigenvalue weighted by Gasteiger charge is -2.10. The normalized spacial score (nSPS) is 11.0. The molecule has 0 bridgehead atoms. The number of anilines is 1. The molecule has 33 heavy (non-hydrogen) atoms. The van der Waals surface area contributed by atoms with E-state index in [9.17, 15) is 27.9 Å². The fraction of sp³-hybridized carbons (Fsp3) is 0.130. The summed E-state index contributed by atoms with van der Waals surface area (Å²) < 4.78 is 42.5. The molecule has 4 aromatic rings. The summed E-state index contributed by atoms with van der Waals surface area (Å²) in [5, 5.41) is 16.5. The van der Waals surface area contributed by atoms with Crippen LogP contribution in [0.2, 0.25) is 0 Å². The van der Waals surface area contributed by atoms with Gasteiger partial charge in [-0.05, 0) is 36.8 Å². The lowest BCUT2D eigenvalue weighted by Crippen LogP contribution is -2.16.